The van der Waals surface area contributed by atoms with Gasteiger partial charge in [-0.25, -0.2) is 0 Å². The highest BCUT2D eigenvalue weighted by Crippen LogP contribution is 2.27. The Balaban J connectivity index is 2.61. The Morgan fingerprint density at radius 3 is 2.32 bits per heavy atom. The predicted molar refractivity (Wildman–Crippen MR) is 75.8 cm³/mol. The third-order valence-electron chi connectivity index (χ3n) is 2.60. The molecule has 0 aliphatic carbocycles. The summed E-state index contributed by atoms with van der Waals surface area (Å²) in [5, 5.41) is 2.95. The van der Waals surface area contributed by atoms with Crippen LogP contribution in [0.3, 0.4) is 0 Å². The summed E-state index contributed by atoms with van der Waals surface area (Å²) in [5.74, 6) is 1.45. The Kier molecular flexibility index (Phi) is 5.21. The lowest BCUT2D eigenvalue weighted by molar-refractivity contribution is -0.122. The lowest BCUT2D eigenvalue weighted by atomic mass is 10.1. The first-order valence-corrected chi connectivity index (χ1v) is 6.37. The van der Waals surface area contributed by atoms with E-state index in [1.165, 1.54) is 0 Å². The highest BCUT2D eigenvalue weighted by Gasteiger charge is 2.13. The van der Waals surface area contributed by atoms with Gasteiger partial charge in [-0.2, -0.15) is 0 Å². The van der Waals surface area contributed by atoms with E-state index in [0.717, 1.165) is 5.56 Å². The quantitative estimate of drug-likeness (QED) is 0.890. The van der Waals surface area contributed by atoms with E-state index in [2.05, 4.69) is 5.32 Å². The monoisotopic (exact) mass is 265 g/mol. The first kappa shape index (κ1) is 15.3. The van der Waals surface area contributed by atoms with E-state index < -0.39 is 0 Å². The van der Waals surface area contributed by atoms with Crippen molar-refractivity contribution in [3.8, 4) is 11.5 Å². The minimum Gasteiger partial charge on any atom is -0.493 e. The fourth-order valence-corrected chi connectivity index (χ4v) is 1.77. The Morgan fingerprint density at radius 2 is 1.79 bits per heavy atom. The van der Waals surface area contributed by atoms with Crippen LogP contribution in [0.5, 0.6) is 11.5 Å². The summed E-state index contributed by atoms with van der Waals surface area (Å²) < 4.78 is 10.4. The van der Waals surface area contributed by atoms with Crippen molar-refractivity contribution in [2.75, 3.05) is 14.2 Å². The van der Waals surface area contributed by atoms with Crippen molar-refractivity contribution in [2.45, 2.75) is 39.2 Å². The molecule has 106 valence electrons. The van der Waals surface area contributed by atoms with Crippen LogP contribution in [0.1, 0.15) is 32.8 Å². The highest BCUT2D eigenvalue weighted by molar-refractivity contribution is 5.76. The second-order valence-corrected chi connectivity index (χ2v) is 5.49. The zero-order valence-corrected chi connectivity index (χ0v) is 12.4. The van der Waals surface area contributed by atoms with E-state index in [0.29, 0.717) is 24.3 Å². The highest BCUT2D eigenvalue weighted by atomic mass is 16.5. The summed E-state index contributed by atoms with van der Waals surface area (Å²) in [4.78, 5) is 11.7. The van der Waals surface area contributed by atoms with E-state index in [9.17, 15) is 4.79 Å². The fraction of sp³-hybridized carbons (Fsp3) is 0.533. The van der Waals surface area contributed by atoms with E-state index in [1.54, 1.807) is 14.2 Å². The zero-order chi connectivity index (χ0) is 14.5. The lowest BCUT2D eigenvalue weighted by Crippen LogP contribution is -2.40. The summed E-state index contributed by atoms with van der Waals surface area (Å²) in [5.41, 5.74) is 0.871. The van der Waals surface area contributed by atoms with Crippen molar-refractivity contribution in [3.05, 3.63) is 23.8 Å². The molecular weight excluding hydrogens is 242 g/mol. The summed E-state index contributed by atoms with van der Waals surface area (Å²) >= 11 is 0. The van der Waals surface area contributed by atoms with E-state index in [4.69, 9.17) is 9.47 Å². The molecule has 1 rings (SSSR count). The topological polar surface area (TPSA) is 47.6 Å². The van der Waals surface area contributed by atoms with Gasteiger partial charge in [-0.1, -0.05) is 6.07 Å². The average Bonchev–Trinajstić information content (AvgIpc) is 2.33. The van der Waals surface area contributed by atoms with Gasteiger partial charge in [0.15, 0.2) is 11.5 Å². The second kappa shape index (κ2) is 6.45. The molecule has 0 spiro atoms. The SMILES string of the molecule is COc1ccc(CCC(=O)NC(C)(C)C)cc1OC. The van der Waals surface area contributed by atoms with E-state index >= 15 is 0 Å². The van der Waals surface area contributed by atoms with Crippen LogP contribution < -0.4 is 14.8 Å². The Morgan fingerprint density at radius 1 is 1.16 bits per heavy atom. The third-order valence-corrected chi connectivity index (χ3v) is 2.60. The largest absolute Gasteiger partial charge is 0.493 e. The van der Waals surface area contributed by atoms with Gasteiger partial charge in [0, 0.05) is 12.0 Å². The number of hydrogen-bond donors (Lipinski definition) is 1. The minimum atomic E-state index is -0.186. The maximum Gasteiger partial charge on any atom is 0.220 e. The van der Waals surface area contributed by atoms with Crippen LogP contribution >= 0.6 is 0 Å². The van der Waals surface area contributed by atoms with Gasteiger partial charge in [0.2, 0.25) is 5.91 Å². The van der Waals surface area contributed by atoms with Gasteiger partial charge in [0.1, 0.15) is 0 Å². The van der Waals surface area contributed by atoms with E-state index in [1.807, 2.05) is 39.0 Å². The molecule has 4 heteroatoms. The number of carbonyl (C=O) groups excluding carboxylic acids is 1. The average molecular weight is 265 g/mol. The zero-order valence-electron chi connectivity index (χ0n) is 12.4. The fourth-order valence-electron chi connectivity index (χ4n) is 1.77. The lowest BCUT2D eigenvalue weighted by Gasteiger charge is -2.20. The predicted octanol–water partition coefficient (Wildman–Crippen LogP) is 2.55. The maximum atomic E-state index is 11.7. The molecule has 0 bridgehead atoms. The van der Waals surface area contributed by atoms with Crippen LogP contribution in [0, 0.1) is 0 Å². The van der Waals surface area contributed by atoms with Crippen molar-refractivity contribution < 1.29 is 14.3 Å². The van der Waals surface area contributed by atoms with Crippen LogP contribution in [-0.4, -0.2) is 25.7 Å². The maximum absolute atomic E-state index is 11.7. The van der Waals surface area contributed by atoms with Gasteiger partial charge in [-0.05, 0) is 44.9 Å². The number of rotatable bonds is 5. The number of aryl methyl sites for hydroxylation is 1. The smallest absolute Gasteiger partial charge is 0.220 e. The van der Waals surface area contributed by atoms with Crippen molar-refractivity contribution >= 4 is 5.91 Å². The van der Waals surface area contributed by atoms with Gasteiger partial charge in [-0.3, -0.25) is 4.79 Å². The van der Waals surface area contributed by atoms with Crippen LogP contribution in [-0.2, 0) is 11.2 Å². The second-order valence-electron chi connectivity index (χ2n) is 5.49. The standard InChI is InChI=1S/C15H23NO3/c1-15(2,3)16-14(17)9-7-11-6-8-12(18-4)13(10-11)19-5/h6,8,10H,7,9H2,1-5H3,(H,16,17). The Labute approximate surface area is 115 Å². The molecule has 1 aromatic carbocycles. The Bertz CT molecular complexity index is 436. The van der Waals surface area contributed by atoms with Crippen molar-refractivity contribution in [1.82, 2.24) is 5.32 Å². The number of methoxy groups -OCH3 is 2. The summed E-state index contributed by atoms with van der Waals surface area (Å²) in [7, 11) is 3.21. The molecule has 1 N–H and O–H groups in total. The minimum absolute atomic E-state index is 0.0577. The first-order chi connectivity index (χ1) is 8.85. The third kappa shape index (κ3) is 5.20. The molecule has 0 saturated carbocycles. The number of carbonyl (C=O) groups is 1. The number of amides is 1. The number of nitrogens with one attached hydrogen (secondary N) is 1. The molecule has 0 fully saturated rings. The molecule has 4 nitrogen and oxygen atoms in total. The molecule has 1 aromatic rings. The molecule has 0 saturated heterocycles. The first-order valence-electron chi connectivity index (χ1n) is 6.37. The number of benzene rings is 1. The normalized spacial score (nSPS) is 11.0. The van der Waals surface area contributed by atoms with E-state index in [-0.39, 0.29) is 11.4 Å². The molecule has 1 amide bonds. The summed E-state index contributed by atoms with van der Waals surface area (Å²) in [6.45, 7) is 5.92. The molecule has 0 atom stereocenters. The molecule has 0 heterocycles. The van der Waals surface area contributed by atoms with Gasteiger partial charge in [-0.15, -0.1) is 0 Å². The van der Waals surface area contributed by atoms with Crippen molar-refractivity contribution in [3.63, 3.8) is 0 Å². The van der Waals surface area contributed by atoms with Gasteiger partial charge in [0.05, 0.1) is 14.2 Å². The van der Waals surface area contributed by atoms with Crippen LogP contribution in [0.4, 0.5) is 0 Å². The molecule has 0 aromatic heterocycles. The van der Waals surface area contributed by atoms with Gasteiger partial charge < -0.3 is 14.8 Å². The van der Waals surface area contributed by atoms with Crippen LogP contribution in [0.25, 0.3) is 0 Å². The van der Waals surface area contributed by atoms with Crippen molar-refractivity contribution in [1.29, 1.82) is 0 Å². The van der Waals surface area contributed by atoms with Gasteiger partial charge in [0.25, 0.3) is 0 Å². The molecule has 19 heavy (non-hydrogen) atoms. The van der Waals surface area contributed by atoms with Crippen LogP contribution in [0.15, 0.2) is 18.2 Å². The molecule has 0 aliphatic rings. The number of hydrogen-bond acceptors (Lipinski definition) is 3. The number of ether oxygens (including phenoxy) is 2. The summed E-state index contributed by atoms with van der Waals surface area (Å²) in [6, 6.07) is 5.71. The molecule has 0 radical (unpaired) electrons. The van der Waals surface area contributed by atoms with Gasteiger partial charge >= 0.3 is 0 Å². The molecular formula is C15H23NO3. The van der Waals surface area contributed by atoms with Crippen LogP contribution in [0.2, 0.25) is 0 Å². The Hall–Kier alpha value is -1.71. The molecule has 0 unspecified atom stereocenters. The molecule has 0 aliphatic heterocycles. The van der Waals surface area contributed by atoms with Crippen molar-refractivity contribution in [2.24, 2.45) is 0 Å². The summed E-state index contributed by atoms with van der Waals surface area (Å²) in [6.07, 6.45) is 1.15.